The summed E-state index contributed by atoms with van der Waals surface area (Å²) in [7, 11) is 0. The van der Waals surface area contributed by atoms with E-state index in [1.54, 1.807) is 11.3 Å². The van der Waals surface area contributed by atoms with Crippen LogP contribution in [0.15, 0.2) is 40.8 Å². The Morgan fingerprint density at radius 1 is 1.24 bits per heavy atom. The molecule has 0 amide bonds. The highest BCUT2D eigenvalue weighted by Gasteiger charge is 2.19. The number of hydrogen-bond donors (Lipinski definition) is 0. The van der Waals surface area contributed by atoms with E-state index in [0.29, 0.717) is 22.2 Å². The molecular formula is C20H19NO3S. The lowest BCUT2D eigenvalue weighted by molar-refractivity contribution is 0.0472. The Labute approximate surface area is 150 Å². The molecule has 2 aromatic heterocycles. The van der Waals surface area contributed by atoms with E-state index in [9.17, 15) is 4.79 Å². The average Bonchev–Trinajstić information content (AvgIpc) is 3.24. The molecule has 0 atom stereocenters. The topological polar surface area (TPSA) is 52.3 Å². The molecule has 0 radical (unpaired) electrons. The summed E-state index contributed by atoms with van der Waals surface area (Å²) in [4.78, 5) is 18.9. The van der Waals surface area contributed by atoms with Crippen molar-refractivity contribution in [2.24, 2.45) is 0 Å². The third-order valence-corrected chi connectivity index (χ3v) is 5.67. The van der Waals surface area contributed by atoms with Crippen molar-refractivity contribution in [3.05, 3.63) is 63.2 Å². The van der Waals surface area contributed by atoms with Crippen molar-refractivity contribution < 1.29 is 13.9 Å². The van der Waals surface area contributed by atoms with Crippen molar-refractivity contribution in [3.8, 4) is 11.5 Å². The summed E-state index contributed by atoms with van der Waals surface area (Å²) < 4.78 is 11.2. The zero-order chi connectivity index (χ0) is 17.2. The number of hydrogen-bond acceptors (Lipinski definition) is 5. The van der Waals surface area contributed by atoms with Crippen molar-refractivity contribution in [1.82, 2.24) is 4.98 Å². The molecule has 3 aromatic rings. The molecule has 0 aliphatic heterocycles. The maximum Gasteiger partial charge on any atom is 0.348 e. The minimum atomic E-state index is -0.275. The number of fused-ring (bicyclic) bond motifs is 1. The second-order valence-corrected chi connectivity index (χ2v) is 7.37. The number of rotatable bonds is 4. The summed E-state index contributed by atoms with van der Waals surface area (Å²) in [6.45, 7) is 1.97. The van der Waals surface area contributed by atoms with Gasteiger partial charge in [0.1, 0.15) is 22.9 Å². The average molecular weight is 353 g/mol. The maximum absolute atomic E-state index is 12.4. The van der Waals surface area contributed by atoms with Gasteiger partial charge in [-0.1, -0.05) is 18.2 Å². The molecule has 0 fully saturated rings. The van der Waals surface area contributed by atoms with Crippen LogP contribution in [0.2, 0.25) is 0 Å². The van der Waals surface area contributed by atoms with Crippen LogP contribution < -0.4 is 0 Å². The van der Waals surface area contributed by atoms with Crippen LogP contribution in [0, 0.1) is 6.92 Å². The van der Waals surface area contributed by atoms with Crippen LogP contribution in [0.3, 0.4) is 0 Å². The van der Waals surface area contributed by atoms with Gasteiger partial charge < -0.3 is 9.15 Å². The lowest BCUT2D eigenvalue weighted by Gasteiger charge is -2.08. The highest BCUT2D eigenvalue weighted by molar-refractivity contribution is 7.14. The van der Waals surface area contributed by atoms with Gasteiger partial charge in [0.2, 0.25) is 5.89 Å². The van der Waals surface area contributed by atoms with E-state index in [2.05, 4.69) is 4.98 Å². The lowest BCUT2D eigenvalue weighted by Crippen LogP contribution is -2.04. The molecule has 1 aliphatic carbocycles. The number of thiophene rings is 1. The Bertz CT molecular complexity index is 872. The molecule has 4 rings (SSSR count). The summed E-state index contributed by atoms with van der Waals surface area (Å²) >= 11 is 1.57. The number of benzene rings is 1. The van der Waals surface area contributed by atoms with Crippen molar-refractivity contribution in [1.29, 1.82) is 0 Å². The highest BCUT2D eigenvalue weighted by atomic mass is 32.1. The number of aryl methyl sites for hydroxylation is 3. The van der Waals surface area contributed by atoms with Crippen molar-refractivity contribution in [2.45, 2.75) is 39.2 Å². The Morgan fingerprint density at radius 3 is 2.84 bits per heavy atom. The molecule has 1 aromatic carbocycles. The molecule has 5 heteroatoms. The van der Waals surface area contributed by atoms with Crippen molar-refractivity contribution in [3.63, 3.8) is 0 Å². The van der Waals surface area contributed by atoms with Gasteiger partial charge in [0.05, 0.1) is 0 Å². The van der Waals surface area contributed by atoms with E-state index in [0.717, 1.165) is 18.4 Å². The van der Waals surface area contributed by atoms with E-state index in [1.165, 1.54) is 23.3 Å². The van der Waals surface area contributed by atoms with Crippen LogP contribution >= 0.6 is 11.3 Å². The molecule has 0 N–H and O–H groups in total. The smallest absolute Gasteiger partial charge is 0.348 e. The minimum absolute atomic E-state index is 0.129. The fourth-order valence-corrected chi connectivity index (χ4v) is 4.21. The Balaban J connectivity index is 1.45. The fourth-order valence-electron chi connectivity index (χ4n) is 3.06. The lowest BCUT2D eigenvalue weighted by atomic mass is 9.99. The summed E-state index contributed by atoms with van der Waals surface area (Å²) in [5, 5.41) is 0. The van der Waals surface area contributed by atoms with Gasteiger partial charge in [-0.3, -0.25) is 0 Å². The van der Waals surface area contributed by atoms with Crippen LogP contribution in [0.5, 0.6) is 0 Å². The maximum atomic E-state index is 12.4. The number of ether oxygens (including phenoxy) is 1. The molecular weight excluding hydrogens is 334 g/mol. The quantitative estimate of drug-likeness (QED) is 0.623. The zero-order valence-corrected chi connectivity index (χ0v) is 14.9. The van der Waals surface area contributed by atoms with E-state index in [-0.39, 0.29) is 12.6 Å². The molecule has 4 nitrogen and oxygen atoms in total. The predicted molar refractivity (Wildman–Crippen MR) is 96.8 cm³/mol. The van der Waals surface area contributed by atoms with Crippen LogP contribution in [0.4, 0.5) is 0 Å². The third-order valence-electron chi connectivity index (χ3n) is 4.45. The molecule has 1 aliphatic rings. The second-order valence-electron chi connectivity index (χ2n) is 6.23. The van der Waals surface area contributed by atoms with Gasteiger partial charge in [-0.2, -0.15) is 0 Å². The van der Waals surface area contributed by atoms with Crippen LogP contribution in [0.1, 0.15) is 44.4 Å². The molecule has 25 heavy (non-hydrogen) atoms. The molecule has 0 saturated heterocycles. The first-order chi connectivity index (χ1) is 12.2. The van der Waals surface area contributed by atoms with E-state index in [4.69, 9.17) is 9.15 Å². The number of aromatic nitrogens is 1. The molecule has 2 heterocycles. The normalized spacial score (nSPS) is 13.5. The van der Waals surface area contributed by atoms with Gasteiger partial charge in [-0.05, 0) is 56.4 Å². The predicted octanol–water partition coefficient (Wildman–Crippen LogP) is 4.95. The summed E-state index contributed by atoms with van der Waals surface area (Å²) in [5.41, 5.74) is 2.88. The van der Waals surface area contributed by atoms with Gasteiger partial charge in [0.25, 0.3) is 0 Å². The van der Waals surface area contributed by atoms with E-state index >= 15 is 0 Å². The SMILES string of the molecule is Cc1oc(-c2ccccc2)nc1COC(=O)c1cc2c(s1)CCCC2. The van der Waals surface area contributed by atoms with Crippen LogP contribution in [-0.2, 0) is 24.2 Å². The number of esters is 1. The van der Waals surface area contributed by atoms with Gasteiger partial charge in [-0.15, -0.1) is 11.3 Å². The molecule has 128 valence electrons. The molecule has 0 unspecified atom stereocenters. The molecule has 0 saturated carbocycles. The van der Waals surface area contributed by atoms with Crippen LogP contribution in [-0.4, -0.2) is 11.0 Å². The standard InChI is InChI=1S/C20H19NO3S/c1-13-16(21-19(24-13)14-7-3-2-4-8-14)12-23-20(22)18-11-15-9-5-6-10-17(15)25-18/h2-4,7-8,11H,5-6,9-10,12H2,1H3. The van der Waals surface area contributed by atoms with E-state index < -0.39 is 0 Å². The fraction of sp³-hybridized carbons (Fsp3) is 0.300. The number of carbonyl (C=O) groups is 1. The second kappa shape index (κ2) is 6.84. The van der Waals surface area contributed by atoms with Crippen molar-refractivity contribution >= 4 is 17.3 Å². The summed E-state index contributed by atoms with van der Waals surface area (Å²) in [5.74, 6) is 0.955. The van der Waals surface area contributed by atoms with Gasteiger partial charge in [-0.25, -0.2) is 9.78 Å². The zero-order valence-electron chi connectivity index (χ0n) is 14.1. The summed E-state index contributed by atoms with van der Waals surface area (Å²) in [6, 6.07) is 11.7. The molecule has 0 spiro atoms. The van der Waals surface area contributed by atoms with E-state index in [1.807, 2.05) is 43.3 Å². The Morgan fingerprint density at radius 2 is 2.04 bits per heavy atom. The third kappa shape index (κ3) is 3.37. The minimum Gasteiger partial charge on any atom is -0.455 e. The number of carbonyl (C=O) groups excluding carboxylic acids is 1. The van der Waals surface area contributed by atoms with Gasteiger partial charge in [0.15, 0.2) is 0 Å². The first-order valence-corrected chi connectivity index (χ1v) is 9.33. The molecule has 0 bridgehead atoms. The van der Waals surface area contributed by atoms with Crippen LogP contribution in [0.25, 0.3) is 11.5 Å². The van der Waals surface area contributed by atoms with Crippen molar-refractivity contribution in [2.75, 3.05) is 0 Å². The Hall–Kier alpha value is -2.40. The number of oxazole rings is 1. The Kier molecular flexibility index (Phi) is 4.40. The highest BCUT2D eigenvalue weighted by Crippen LogP contribution is 2.30. The van der Waals surface area contributed by atoms with Gasteiger partial charge >= 0.3 is 5.97 Å². The first kappa shape index (κ1) is 16.1. The first-order valence-electron chi connectivity index (χ1n) is 8.51. The van der Waals surface area contributed by atoms with Gasteiger partial charge in [0, 0.05) is 10.4 Å². The number of nitrogens with zero attached hydrogens (tertiary/aromatic N) is 1. The monoisotopic (exact) mass is 353 g/mol. The largest absolute Gasteiger partial charge is 0.455 e. The summed E-state index contributed by atoms with van der Waals surface area (Å²) in [6.07, 6.45) is 4.57.